The van der Waals surface area contributed by atoms with Crippen molar-refractivity contribution in [3.05, 3.63) is 107 Å². The van der Waals surface area contributed by atoms with Crippen molar-refractivity contribution >= 4 is 16.8 Å². The number of ether oxygens (including phenoxy) is 1. The van der Waals surface area contributed by atoms with E-state index in [4.69, 9.17) is 10.00 Å². The SMILES string of the molecule is N#Cc1cccc(OCc2cccc(C(=O)NCCc3cccc4cccnc34)c2)c1. The van der Waals surface area contributed by atoms with Gasteiger partial charge in [0.25, 0.3) is 5.91 Å². The van der Waals surface area contributed by atoms with E-state index in [-0.39, 0.29) is 5.91 Å². The first kappa shape index (κ1) is 20.1. The quantitative estimate of drug-likeness (QED) is 0.484. The van der Waals surface area contributed by atoms with Crippen LogP contribution in [0.1, 0.15) is 27.0 Å². The van der Waals surface area contributed by atoms with Gasteiger partial charge in [-0.15, -0.1) is 0 Å². The second kappa shape index (κ2) is 9.55. The second-order valence-electron chi connectivity index (χ2n) is 7.13. The lowest BCUT2D eigenvalue weighted by molar-refractivity contribution is 0.0954. The summed E-state index contributed by atoms with van der Waals surface area (Å²) in [6, 6.07) is 26.5. The Morgan fingerprint density at radius 2 is 1.84 bits per heavy atom. The Morgan fingerprint density at radius 3 is 2.74 bits per heavy atom. The van der Waals surface area contributed by atoms with E-state index in [9.17, 15) is 4.79 Å². The van der Waals surface area contributed by atoms with Crippen molar-refractivity contribution in [1.82, 2.24) is 10.3 Å². The van der Waals surface area contributed by atoms with E-state index in [1.165, 1.54) is 0 Å². The van der Waals surface area contributed by atoms with Crippen LogP contribution in [-0.4, -0.2) is 17.4 Å². The molecule has 1 heterocycles. The topological polar surface area (TPSA) is 75.0 Å². The Labute approximate surface area is 180 Å². The van der Waals surface area contributed by atoms with Gasteiger partial charge in [-0.2, -0.15) is 5.26 Å². The van der Waals surface area contributed by atoms with Gasteiger partial charge in [-0.05, 0) is 53.9 Å². The highest BCUT2D eigenvalue weighted by atomic mass is 16.5. The molecule has 4 aromatic rings. The fourth-order valence-corrected chi connectivity index (χ4v) is 3.41. The number of benzene rings is 3. The van der Waals surface area contributed by atoms with Crippen molar-refractivity contribution in [2.24, 2.45) is 0 Å². The van der Waals surface area contributed by atoms with Crippen molar-refractivity contribution in [2.45, 2.75) is 13.0 Å². The average Bonchev–Trinajstić information content (AvgIpc) is 2.83. The van der Waals surface area contributed by atoms with E-state index in [1.54, 1.807) is 36.5 Å². The molecule has 5 heteroatoms. The molecule has 0 unspecified atom stereocenters. The summed E-state index contributed by atoms with van der Waals surface area (Å²) in [6.07, 6.45) is 2.49. The van der Waals surface area contributed by atoms with Crippen LogP contribution in [0, 0.1) is 11.3 Å². The lowest BCUT2D eigenvalue weighted by atomic mass is 10.1. The summed E-state index contributed by atoms with van der Waals surface area (Å²) in [7, 11) is 0. The van der Waals surface area contributed by atoms with Crippen molar-refractivity contribution in [3.8, 4) is 11.8 Å². The van der Waals surface area contributed by atoms with Crippen LogP contribution in [-0.2, 0) is 13.0 Å². The summed E-state index contributed by atoms with van der Waals surface area (Å²) in [6.45, 7) is 0.841. The molecule has 0 fully saturated rings. The van der Waals surface area contributed by atoms with Crippen LogP contribution in [0.15, 0.2) is 85.1 Å². The largest absolute Gasteiger partial charge is 0.489 e. The van der Waals surface area contributed by atoms with E-state index < -0.39 is 0 Å². The fraction of sp³-hybridized carbons (Fsp3) is 0.115. The third-order valence-corrected chi connectivity index (χ3v) is 4.95. The minimum absolute atomic E-state index is 0.124. The van der Waals surface area contributed by atoms with Crippen molar-refractivity contribution in [1.29, 1.82) is 5.26 Å². The van der Waals surface area contributed by atoms with E-state index >= 15 is 0 Å². The number of nitrogens with one attached hydrogen (secondary N) is 1. The van der Waals surface area contributed by atoms with Gasteiger partial charge in [-0.25, -0.2) is 0 Å². The molecule has 31 heavy (non-hydrogen) atoms. The molecule has 0 aliphatic carbocycles. The Hall–Kier alpha value is -4.17. The van der Waals surface area contributed by atoms with E-state index in [1.807, 2.05) is 48.5 Å². The molecule has 0 spiro atoms. The molecular weight excluding hydrogens is 386 g/mol. The smallest absolute Gasteiger partial charge is 0.251 e. The van der Waals surface area contributed by atoms with E-state index in [0.717, 1.165) is 22.0 Å². The molecule has 5 nitrogen and oxygen atoms in total. The molecule has 0 atom stereocenters. The van der Waals surface area contributed by atoms with Crippen LogP contribution in [0.5, 0.6) is 5.75 Å². The minimum Gasteiger partial charge on any atom is -0.489 e. The van der Waals surface area contributed by atoms with Crippen LogP contribution in [0.2, 0.25) is 0 Å². The van der Waals surface area contributed by atoms with Gasteiger partial charge in [0, 0.05) is 23.7 Å². The first-order valence-electron chi connectivity index (χ1n) is 10.1. The summed E-state index contributed by atoms with van der Waals surface area (Å²) in [4.78, 5) is 17.1. The maximum atomic E-state index is 12.6. The molecule has 0 aliphatic rings. The van der Waals surface area contributed by atoms with Crippen molar-refractivity contribution in [3.63, 3.8) is 0 Å². The first-order chi connectivity index (χ1) is 15.2. The van der Waals surface area contributed by atoms with Gasteiger partial charge in [-0.1, -0.05) is 42.5 Å². The lowest BCUT2D eigenvalue weighted by Crippen LogP contribution is -2.25. The number of rotatable bonds is 7. The third-order valence-electron chi connectivity index (χ3n) is 4.95. The average molecular weight is 407 g/mol. The van der Waals surface area contributed by atoms with Crippen LogP contribution in [0.25, 0.3) is 10.9 Å². The Morgan fingerprint density at radius 1 is 1.00 bits per heavy atom. The van der Waals surface area contributed by atoms with Crippen molar-refractivity contribution < 1.29 is 9.53 Å². The molecule has 0 saturated heterocycles. The first-order valence-corrected chi connectivity index (χ1v) is 10.1. The Bertz CT molecular complexity index is 1260. The number of fused-ring (bicyclic) bond motifs is 1. The molecule has 152 valence electrons. The number of carbonyl (C=O) groups excluding carboxylic acids is 1. The highest BCUT2D eigenvalue weighted by molar-refractivity contribution is 5.94. The summed E-state index contributed by atoms with van der Waals surface area (Å²) in [5.74, 6) is 0.499. The fourth-order valence-electron chi connectivity index (χ4n) is 3.41. The lowest BCUT2D eigenvalue weighted by Gasteiger charge is -2.10. The monoisotopic (exact) mass is 407 g/mol. The number of hydrogen-bond donors (Lipinski definition) is 1. The maximum absolute atomic E-state index is 12.6. The molecule has 0 bridgehead atoms. The van der Waals surface area contributed by atoms with Gasteiger partial charge < -0.3 is 10.1 Å². The molecule has 0 aliphatic heterocycles. The van der Waals surface area contributed by atoms with Gasteiger partial charge in [0.05, 0.1) is 17.1 Å². The molecule has 1 aromatic heterocycles. The molecule has 4 rings (SSSR count). The number of nitrogens with zero attached hydrogens (tertiary/aromatic N) is 2. The zero-order valence-corrected chi connectivity index (χ0v) is 16.9. The molecule has 3 aromatic carbocycles. The molecule has 0 saturated carbocycles. The maximum Gasteiger partial charge on any atom is 0.251 e. The highest BCUT2D eigenvalue weighted by Gasteiger charge is 2.08. The summed E-state index contributed by atoms with van der Waals surface area (Å²) in [5.41, 5.74) is 4.10. The van der Waals surface area contributed by atoms with Crippen LogP contribution < -0.4 is 10.1 Å². The standard InChI is InChI=1S/C26H21N3O2/c27-17-19-5-2-11-24(16-19)31-18-20-6-1-9-23(15-20)26(30)29-14-12-22-8-3-7-21-10-4-13-28-25(21)22/h1-11,13,15-16H,12,14,18H2,(H,29,30). The van der Waals surface area contributed by atoms with Crippen LogP contribution in [0.4, 0.5) is 0 Å². The third kappa shape index (κ3) is 5.06. The predicted molar refractivity (Wildman–Crippen MR) is 120 cm³/mol. The Kier molecular flexibility index (Phi) is 6.20. The summed E-state index contributed by atoms with van der Waals surface area (Å²) < 4.78 is 5.76. The Balaban J connectivity index is 1.35. The number of aromatic nitrogens is 1. The van der Waals surface area contributed by atoms with E-state index in [2.05, 4.69) is 16.4 Å². The summed E-state index contributed by atoms with van der Waals surface area (Å²) in [5, 5.41) is 13.1. The van der Waals surface area contributed by atoms with Crippen LogP contribution >= 0.6 is 0 Å². The van der Waals surface area contributed by atoms with Gasteiger partial charge in [-0.3, -0.25) is 9.78 Å². The van der Waals surface area contributed by atoms with Gasteiger partial charge in [0.1, 0.15) is 12.4 Å². The number of para-hydroxylation sites is 1. The van der Waals surface area contributed by atoms with Gasteiger partial charge in [0.2, 0.25) is 0 Å². The van der Waals surface area contributed by atoms with E-state index in [0.29, 0.717) is 36.4 Å². The van der Waals surface area contributed by atoms with Gasteiger partial charge in [0.15, 0.2) is 0 Å². The van der Waals surface area contributed by atoms with Crippen LogP contribution in [0.3, 0.4) is 0 Å². The predicted octanol–water partition coefficient (Wildman–Crippen LogP) is 4.66. The molecule has 1 amide bonds. The number of carbonyl (C=O) groups is 1. The number of amides is 1. The van der Waals surface area contributed by atoms with Crippen molar-refractivity contribution in [2.75, 3.05) is 6.54 Å². The number of nitriles is 1. The summed E-state index contributed by atoms with van der Waals surface area (Å²) >= 11 is 0. The highest BCUT2D eigenvalue weighted by Crippen LogP contribution is 2.17. The zero-order valence-electron chi connectivity index (χ0n) is 16.9. The normalized spacial score (nSPS) is 10.4. The number of hydrogen-bond acceptors (Lipinski definition) is 4. The molecular formula is C26H21N3O2. The second-order valence-corrected chi connectivity index (χ2v) is 7.13. The van der Waals surface area contributed by atoms with Gasteiger partial charge >= 0.3 is 0 Å². The number of pyridine rings is 1. The molecule has 0 radical (unpaired) electrons. The zero-order chi connectivity index (χ0) is 21.5. The minimum atomic E-state index is -0.124. The molecule has 1 N–H and O–H groups in total.